The van der Waals surface area contributed by atoms with Crippen molar-refractivity contribution in [3.05, 3.63) is 41.3 Å². The molecule has 2 aromatic rings. The molecule has 1 fully saturated rings. The second-order valence-electron chi connectivity index (χ2n) is 5.66. The molecule has 0 saturated heterocycles. The van der Waals surface area contributed by atoms with Crippen LogP contribution in [0.2, 0.25) is 0 Å². The molecule has 1 N–H and O–H groups in total. The molecule has 0 bridgehead atoms. The number of amides is 1. The van der Waals surface area contributed by atoms with Crippen molar-refractivity contribution < 1.29 is 14.3 Å². The van der Waals surface area contributed by atoms with E-state index in [2.05, 4.69) is 5.32 Å². The van der Waals surface area contributed by atoms with E-state index >= 15 is 0 Å². The molecule has 1 aromatic heterocycles. The lowest BCUT2D eigenvalue weighted by atomic mass is 10.0. The van der Waals surface area contributed by atoms with Gasteiger partial charge in [-0.1, -0.05) is 30.3 Å². The van der Waals surface area contributed by atoms with Gasteiger partial charge >= 0.3 is 5.97 Å². The van der Waals surface area contributed by atoms with E-state index in [0.29, 0.717) is 16.1 Å². The Morgan fingerprint density at radius 3 is 2.67 bits per heavy atom. The number of esters is 1. The maximum Gasteiger partial charge on any atom is 0.343 e. The lowest BCUT2D eigenvalue weighted by molar-refractivity contribution is -0.117. The lowest BCUT2D eigenvalue weighted by Crippen LogP contribution is -2.18. The van der Waals surface area contributed by atoms with Crippen LogP contribution in [0.1, 0.15) is 30.1 Å². The first-order chi connectivity index (χ1) is 11.6. The Hall–Kier alpha value is -2.65. The Morgan fingerprint density at radius 2 is 2.04 bits per heavy atom. The molecule has 1 amide bonds. The SMILES string of the molecule is C[C@@H](C#N)OC(=O)c1c(-c2ccccc2)csc1NC(=O)C1CC1. The summed E-state index contributed by atoms with van der Waals surface area (Å²) in [5.41, 5.74) is 1.86. The van der Waals surface area contributed by atoms with Crippen LogP contribution in [-0.4, -0.2) is 18.0 Å². The van der Waals surface area contributed by atoms with E-state index in [1.807, 2.05) is 41.8 Å². The van der Waals surface area contributed by atoms with Crippen molar-refractivity contribution in [1.29, 1.82) is 5.26 Å². The number of carbonyl (C=O) groups excluding carboxylic acids is 2. The topological polar surface area (TPSA) is 79.2 Å². The van der Waals surface area contributed by atoms with E-state index in [1.54, 1.807) is 0 Å². The van der Waals surface area contributed by atoms with Crippen LogP contribution in [-0.2, 0) is 9.53 Å². The zero-order valence-corrected chi connectivity index (χ0v) is 13.9. The van der Waals surface area contributed by atoms with Crippen LogP contribution >= 0.6 is 11.3 Å². The van der Waals surface area contributed by atoms with E-state index in [4.69, 9.17) is 10.00 Å². The molecule has 0 radical (unpaired) electrons. The van der Waals surface area contributed by atoms with E-state index in [9.17, 15) is 9.59 Å². The second kappa shape index (κ2) is 6.85. The van der Waals surface area contributed by atoms with Gasteiger partial charge in [0.1, 0.15) is 16.6 Å². The van der Waals surface area contributed by atoms with Gasteiger partial charge in [-0.2, -0.15) is 5.26 Å². The molecule has 1 saturated carbocycles. The van der Waals surface area contributed by atoms with Gasteiger partial charge in [-0.3, -0.25) is 4.79 Å². The van der Waals surface area contributed by atoms with Gasteiger partial charge in [0.05, 0.1) is 0 Å². The fourth-order valence-electron chi connectivity index (χ4n) is 2.29. The highest BCUT2D eigenvalue weighted by atomic mass is 32.1. The summed E-state index contributed by atoms with van der Waals surface area (Å²) in [6.07, 6.45) is 0.912. The third-order valence-corrected chi connectivity index (χ3v) is 4.63. The van der Waals surface area contributed by atoms with Crippen molar-refractivity contribution >= 4 is 28.2 Å². The number of hydrogen-bond acceptors (Lipinski definition) is 5. The molecule has 1 aromatic carbocycles. The zero-order chi connectivity index (χ0) is 17.1. The smallest absolute Gasteiger partial charge is 0.343 e. The second-order valence-corrected chi connectivity index (χ2v) is 6.54. The van der Waals surface area contributed by atoms with Crippen LogP contribution in [0.15, 0.2) is 35.7 Å². The Kier molecular flexibility index (Phi) is 4.63. The number of carbonyl (C=O) groups is 2. The summed E-state index contributed by atoms with van der Waals surface area (Å²) in [6, 6.07) is 11.3. The average molecular weight is 340 g/mol. The van der Waals surface area contributed by atoms with Gasteiger partial charge in [0.15, 0.2) is 6.10 Å². The molecule has 6 heteroatoms. The number of anilines is 1. The molecule has 1 atom stereocenters. The van der Waals surface area contributed by atoms with Crippen LogP contribution in [0.25, 0.3) is 11.1 Å². The van der Waals surface area contributed by atoms with Crippen LogP contribution in [0.4, 0.5) is 5.00 Å². The molecule has 1 aliphatic rings. The predicted molar refractivity (Wildman–Crippen MR) is 91.6 cm³/mol. The first-order valence-electron chi connectivity index (χ1n) is 7.68. The van der Waals surface area contributed by atoms with Crippen LogP contribution in [0.5, 0.6) is 0 Å². The standard InChI is InChI=1S/C18H16N2O3S/c1-11(9-19)23-18(22)15-14(12-5-3-2-4-6-12)10-24-17(15)20-16(21)13-7-8-13/h2-6,10-11,13H,7-8H2,1H3,(H,20,21)/t11-/m0/s1. The summed E-state index contributed by atoms with van der Waals surface area (Å²) < 4.78 is 5.16. The summed E-state index contributed by atoms with van der Waals surface area (Å²) >= 11 is 1.29. The molecular formula is C18H16N2O3S. The van der Waals surface area contributed by atoms with Gasteiger partial charge in [-0.05, 0) is 25.3 Å². The van der Waals surface area contributed by atoms with Crippen LogP contribution < -0.4 is 5.32 Å². The van der Waals surface area contributed by atoms with E-state index in [0.717, 1.165) is 18.4 Å². The fraction of sp³-hybridized carbons (Fsp3) is 0.278. The van der Waals surface area contributed by atoms with Gasteiger partial charge < -0.3 is 10.1 Å². The first kappa shape index (κ1) is 16.2. The normalized spacial score (nSPS) is 14.5. The number of rotatable bonds is 5. The van der Waals surface area contributed by atoms with Crippen LogP contribution in [0, 0.1) is 17.2 Å². The predicted octanol–water partition coefficient (Wildman–Crippen LogP) is 3.83. The van der Waals surface area contributed by atoms with E-state index in [-0.39, 0.29) is 11.8 Å². The minimum Gasteiger partial charge on any atom is -0.444 e. The molecule has 3 rings (SSSR count). The Bertz CT molecular complexity index is 803. The van der Waals surface area contributed by atoms with Gasteiger partial charge in [-0.25, -0.2) is 4.79 Å². The highest BCUT2D eigenvalue weighted by Gasteiger charge is 2.32. The number of nitriles is 1. The van der Waals surface area contributed by atoms with Crippen molar-refractivity contribution in [3.63, 3.8) is 0 Å². The summed E-state index contributed by atoms with van der Waals surface area (Å²) in [5, 5.41) is 14.0. The quantitative estimate of drug-likeness (QED) is 0.839. The molecule has 1 aliphatic carbocycles. The maximum atomic E-state index is 12.5. The van der Waals surface area contributed by atoms with E-state index < -0.39 is 12.1 Å². The summed E-state index contributed by atoms with van der Waals surface area (Å²) in [7, 11) is 0. The molecule has 24 heavy (non-hydrogen) atoms. The van der Waals surface area contributed by atoms with Crippen molar-refractivity contribution in [3.8, 4) is 17.2 Å². The molecule has 0 aliphatic heterocycles. The largest absolute Gasteiger partial charge is 0.444 e. The number of hydrogen-bond donors (Lipinski definition) is 1. The molecule has 122 valence electrons. The fourth-order valence-corrected chi connectivity index (χ4v) is 3.25. The molecule has 0 unspecified atom stereocenters. The Balaban J connectivity index is 1.96. The third-order valence-electron chi connectivity index (χ3n) is 3.73. The average Bonchev–Trinajstić information content (AvgIpc) is 3.36. The minimum absolute atomic E-state index is 0.0363. The monoisotopic (exact) mass is 340 g/mol. The maximum absolute atomic E-state index is 12.5. The lowest BCUT2D eigenvalue weighted by Gasteiger charge is -2.10. The summed E-state index contributed by atoms with van der Waals surface area (Å²) in [5.74, 6) is -0.636. The number of ether oxygens (including phenoxy) is 1. The van der Waals surface area contributed by atoms with Gasteiger partial charge in [-0.15, -0.1) is 11.3 Å². The molecular weight excluding hydrogens is 324 g/mol. The van der Waals surface area contributed by atoms with Crippen molar-refractivity contribution in [1.82, 2.24) is 0 Å². The van der Waals surface area contributed by atoms with E-state index in [1.165, 1.54) is 18.3 Å². The molecule has 0 spiro atoms. The molecule has 1 heterocycles. The Labute approximate surface area is 143 Å². The summed E-state index contributed by atoms with van der Waals surface area (Å²) in [4.78, 5) is 24.6. The Morgan fingerprint density at radius 1 is 1.33 bits per heavy atom. The van der Waals surface area contributed by atoms with Crippen molar-refractivity contribution in [2.45, 2.75) is 25.9 Å². The third kappa shape index (κ3) is 3.47. The van der Waals surface area contributed by atoms with Crippen LogP contribution in [0.3, 0.4) is 0 Å². The first-order valence-corrected chi connectivity index (χ1v) is 8.56. The number of benzene rings is 1. The molecule has 5 nitrogen and oxygen atoms in total. The van der Waals surface area contributed by atoms with Gasteiger partial charge in [0, 0.05) is 16.9 Å². The van der Waals surface area contributed by atoms with Crippen molar-refractivity contribution in [2.75, 3.05) is 5.32 Å². The minimum atomic E-state index is -0.854. The number of nitrogens with zero attached hydrogens (tertiary/aromatic N) is 1. The highest BCUT2D eigenvalue weighted by molar-refractivity contribution is 7.15. The zero-order valence-electron chi connectivity index (χ0n) is 13.1. The summed E-state index contributed by atoms with van der Waals surface area (Å²) in [6.45, 7) is 1.51. The van der Waals surface area contributed by atoms with Gasteiger partial charge in [0.25, 0.3) is 0 Å². The van der Waals surface area contributed by atoms with Crippen molar-refractivity contribution in [2.24, 2.45) is 5.92 Å². The van der Waals surface area contributed by atoms with Gasteiger partial charge in [0.2, 0.25) is 5.91 Å². The number of nitrogens with one attached hydrogen (secondary N) is 1. The highest BCUT2D eigenvalue weighted by Crippen LogP contribution is 2.38. The number of thiophene rings is 1.